The molecule has 28 heavy (non-hydrogen) atoms. The van der Waals surface area contributed by atoms with Crippen LogP contribution in [0.15, 0.2) is 24.3 Å². The summed E-state index contributed by atoms with van der Waals surface area (Å²) in [6.07, 6.45) is 7.14. The number of hydrogen-bond acceptors (Lipinski definition) is 2. The van der Waals surface area contributed by atoms with Crippen LogP contribution in [0.2, 0.25) is 0 Å². The van der Waals surface area contributed by atoms with Crippen LogP contribution < -0.4 is 10.1 Å². The van der Waals surface area contributed by atoms with Crippen LogP contribution in [0.1, 0.15) is 79.2 Å². The largest absolute Gasteiger partial charge is 0.491 e. The third-order valence-corrected chi connectivity index (χ3v) is 6.15. The van der Waals surface area contributed by atoms with Crippen LogP contribution >= 0.6 is 0 Å². The Morgan fingerprint density at radius 1 is 1.07 bits per heavy atom. The van der Waals surface area contributed by atoms with Crippen LogP contribution in [-0.2, 0) is 11.3 Å². The zero-order valence-electron chi connectivity index (χ0n) is 19.2. The molecule has 1 saturated heterocycles. The van der Waals surface area contributed by atoms with Crippen LogP contribution in [0.3, 0.4) is 0 Å². The molecule has 0 bridgehead atoms. The van der Waals surface area contributed by atoms with Crippen LogP contribution in [0.4, 0.5) is 0 Å². The number of ether oxygens (including phenoxy) is 2. The SMILES string of the molecule is CC(C)CC[C@]1(CC[NH2+]Cc2ccc(OC(C)C)cc2)CCO[C@H](C(C)C)C1. The summed E-state index contributed by atoms with van der Waals surface area (Å²) in [5, 5.41) is 2.48. The molecular formula is C25H44NO2+. The van der Waals surface area contributed by atoms with E-state index in [2.05, 4.69) is 71.1 Å². The summed E-state index contributed by atoms with van der Waals surface area (Å²) in [5.74, 6) is 2.37. The van der Waals surface area contributed by atoms with E-state index in [0.29, 0.717) is 17.4 Å². The molecule has 1 aromatic carbocycles. The summed E-state index contributed by atoms with van der Waals surface area (Å²) in [7, 11) is 0. The molecule has 0 spiro atoms. The Morgan fingerprint density at radius 2 is 1.79 bits per heavy atom. The Kier molecular flexibility index (Phi) is 9.30. The smallest absolute Gasteiger partial charge is 0.119 e. The average Bonchev–Trinajstić information content (AvgIpc) is 2.65. The lowest BCUT2D eigenvalue weighted by Crippen LogP contribution is -2.83. The molecule has 0 amide bonds. The van der Waals surface area contributed by atoms with Gasteiger partial charge >= 0.3 is 0 Å². The van der Waals surface area contributed by atoms with Gasteiger partial charge in [-0.2, -0.15) is 0 Å². The van der Waals surface area contributed by atoms with Crippen molar-refractivity contribution in [2.24, 2.45) is 17.3 Å². The maximum Gasteiger partial charge on any atom is 0.119 e. The predicted octanol–water partition coefficient (Wildman–Crippen LogP) is 5.18. The van der Waals surface area contributed by atoms with Gasteiger partial charge in [0, 0.05) is 18.6 Å². The Morgan fingerprint density at radius 3 is 2.39 bits per heavy atom. The summed E-state index contributed by atoms with van der Waals surface area (Å²) < 4.78 is 11.8. The van der Waals surface area contributed by atoms with Gasteiger partial charge in [-0.25, -0.2) is 0 Å². The zero-order chi connectivity index (χ0) is 20.6. The van der Waals surface area contributed by atoms with Crippen molar-refractivity contribution in [1.82, 2.24) is 0 Å². The predicted molar refractivity (Wildman–Crippen MR) is 118 cm³/mol. The van der Waals surface area contributed by atoms with Gasteiger partial charge in [-0.3, -0.25) is 0 Å². The van der Waals surface area contributed by atoms with Crippen LogP contribution in [-0.4, -0.2) is 25.4 Å². The molecule has 1 heterocycles. The molecular weight excluding hydrogens is 346 g/mol. The fourth-order valence-corrected chi connectivity index (χ4v) is 4.27. The van der Waals surface area contributed by atoms with Crippen molar-refractivity contribution in [3.63, 3.8) is 0 Å². The number of rotatable bonds is 11. The summed E-state index contributed by atoms with van der Waals surface area (Å²) >= 11 is 0. The highest BCUT2D eigenvalue weighted by molar-refractivity contribution is 5.26. The van der Waals surface area contributed by atoms with Gasteiger partial charge in [-0.15, -0.1) is 0 Å². The summed E-state index contributed by atoms with van der Waals surface area (Å²) in [6.45, 7) is 16.6. The number of hydrogen-bond donors (Lipinski definition) is 1. The van der Waals surface area contributed by atoms with E-state index < -0.39 is 0 Å². The third-order valence-electron chi connectivity index (χ3n) is 6.15. The molecule has 1 aromatic rings. The first-order chi connectivity index (χ1) is 13.3. The monoisotopic (exact) mass is 390 g/mol. The van der Waals surface area contributed by atoms with Crippen molar-refractivity contribution in [2.45, 2.75) is 92.4 Å². The maximum absolute atomic E-state index is 6.09. The molecule has 1 fully saturated rings. The van der Waals surface area contributed by atoms with Gasteiger partial charge in [0.2, 0.25) is 0 Å². The minimum atomic E-state index is 0.230. The molecule has 2 rings (SSSR count). The number of nitrogens with two attached hydrogens (primary N) is 1. The lowest BCUT2D eigenvalue weighted by molar-refractivity contribution is -0.672. The van der Waals surface area contributed by atoms with Gasteiger partial charge in [0.1, 0.15) is 12.3 Å². The van der Waals surface area contributed by atoms with Crippen LogP contribution in [0.25, 0.3) is 0 Å². The second-order valence-electron chi connectivity index (χ2n) is 9.88. The van der Waals surface area contributed by atoms with Gasteiger partial charge in [0.15, 0.2) is 0 Å². The van der Waals surface area contributed by atoms with Gasteiger partial charge in [0.25, 0.3) is 0 Å². The quantitative estimate of drug-likeness (QED) is 0.528. The zero-order valence-corrected chi connectivity index (χ0v) is 19.2. The van der Waals surface area contributed by atoms with Crippen LogP contribution in [0, 0.1) is 17.3 Å². The molecule has 160 valence electrons. The second kappa shape index (κ2) is 11.2. The lowest BCUT2D eigenvalue weighted by atomic mass is 9.69. The lowest BCUT2D eigenvalue weighted by Gasteiger charge is -2.42. The van der Waals surface area contributed by atoms with Crippen molar-refractivity contribution in [3.05, 3.63) is 29.8 Å². The minimum absolute atomic E-state index is 0.230. The van der Waals surface area contributed by atoms with E-state index in [9.17, 15) is 0 Å². The topological polar surface area (TPSA) is 35.1 Å². The van der Waals surface area contributed by atoms with Crippen molar-refractivity contribution in [1.29, 1.82) is 0 Å². The van der Waals surface area contributed by atoms with Gasteiger partial charge in [-0.1, -0.05) is 34.1 Å². The first-order valence-electron chi connectivity index (χ1n) is 11.5. The Balaban J connectivity index is 1.85. The molecule has 1 aliphatic heterocycles. The van der Waals surface area contributed by atoms with Crippen molar-refractivity contribution in [3.8, 4) is 5.75 Å². The third kappa shape index (κ3) is 7.75. The van der Waals surface area contributed by atoms with Crippen molar-refractivity contribution in [2.75, 3.05) is 13.2 Å². The number of benzene rings is 1. The molecule has 1 aliphatic rings. The molecule has 3 nitrogen and oxygen atoms in total. The molecule has 0 aliphatic carbocycles. The van der Waals surface area contributed by atoms with E-state index in [0.717, 1.165) is 24.8 Å². The molecule has 0 saturated carbocycles. The van der Waals surface area contributed by atoms with Crippen molar-refractivity contribution < 1.29 is 14.8 Å². The first kappa shape index (κ1) is 23.2. The molecule has 0 aromatic heterocycles. The average molecular weight is 391 g/mol. The Bertz CT molecular complexity index is 552. The van der Waals surface area contributed by atoms with E-state index in [1.165, 1.54) is 44.2 Å². The minimum Gasteiger partial charge on any atom is -0.491 e. The summed E-state index contributed by atoms with van der Waals surface area (Å²) in [5.41, 5.74) is 1.85. The second-order valence-corrected chi connectivity index (χ2v) is 9.88. The molecule has 2 N–H and O–H groups in total. The highest BCUT2D eigenvalue weighted by atomic mass is 16.5. The number of quaternary nitrogens is 1. The summed E-state index contributed by atoms with van der Waals surface area (Å²) in [4.78, 5) is 0. The van der Waals surface area contributed by atoms with Gasteiger partial charge in [-0.05, 0) is 74.6 Å². The molecule has 3 heteroatoms. The first-order valence-corrected chi connectivity index (χ1v) is 11.5. The van der Waals surface area contributed by atoms with Crippen LogP contribution in [0.5, 0.6) is 5.75 Å². The fourth-order valence-electron chi connectivity index (χ4n) is 4.27. The van der Waals surface area contributed by atoms with E-state index in [-0.39, 0.29) is 6.10 Å². The standard InChI is InChI=1S/C25H43NO2/c1-19(2)11-12-25(14-16-27-24(17-25)20(3)4)13-15-26-18-22-7-9-23(10-8-22)28-21(5)6/h7-10,19-21,24,26H,11-18H2,1-6H3/p+1/t24-,25-/m0/s1. The van der Waals surface area contributed by atoms with E-state index in [1.54, 1.807) is 0 Å². The Hall–Kier alpha value is -1.06. The van der Waals surface area contributed by atoms with Gasteiger partial charge in [0.05, 0.1) is 18.8 Å². The van der Waals surface area contributed by atoms with E-state index in [4.69, 9.17) is 9.47 Å². The highest BCUT2D eigenvalue weighted by Gasteiger charge is 2.37. The molecule has 2 atom stereocenters. The normalized spacial score (nSPS) is 23.0. The highest BCUT2D eigenvalue weighted by Crippen LogP contribution is 2.43. The van der Waals surface area contributed by atoms with E-state index in [1.807, 2.05) is 0 Å². The van der Waals surface area contributed by atoms with Crippen molar-refractivity contribution >= 4 is 0 Å². The van der Waals surface area contributed by atoms with E-state index >= 15 is 0 Å². The Labute approximate surface area is 173 Å². The fraction of sp³-hybridized carbons (Fsp3) is 0.760. The molecule has 0 radical (unpaired) electrons. The summed E-state index contributed by atoms with van der Waals surface area (Å²) in [6, 6.07) is 8.59. The molecule has 0 unspecified atom stereocenters. The maximum atomic E-state index is 6.09. The van der Waals surface area contributed by atoms with Gasteiger partial charge < -0.3 is 14.8 Å².